The smallest absolute Gasteiger partial charge is 0.225 e. The zero-order chi connectivity index (χ0) is 14.3. The van der Waals surface area contributed by atoms with Gasteiger partial charge in [0.05, 0.1) is 0 Å². The van der Waals surface area contributed by atoms with Gasteiger partial charge < -0.3 is 10.6 Å². The molecule has 0 bridgehead atoms. The molecule has 1 amide bonds. The highest BCUT2D eigenvalue weighted by molar-refractivity contribution is 5.79. The minimum atomic E-state index is 0.231. The van der Waals surface area contributed by atoms with E-state index in [9.17, 15) is 4.79 Å². The van der Waals surface area contributed by atoms with E-state index in [1.807, 2.05) is 0 Å². The molecule has 0 aromatic carbocycles. The number of hydrogen-bond acceptors (Lipinski definition) is 2. The van der Waals surface area contributed by atoms with Crippen molar-refractivity contribution < 1.29 is 4.79 Å². The zero-order valence-corrected chi connectivity index (χ0v) is 13.0. The fourth-order valence-electron chi connectivity index (χ4n) is 3.58. The van der Waals surface area contributed by atoms with Crippen LogP contribution in [0.2, 0.25) is 0 Å². The maximum absolute atomic E-state index is 12.8. The van der Waals surface area contributed by atoms with E-state index in [-0.39, 0.29) is 5.92 Å². The number of nitrogens with two attached hydrogens (primary N) is 1. The van der Waals surface area contributed by atoms with Crippen LogP contribution in [-0.4, -0.2) is 29.9 Å². The summed E-state index contributed by atoms with van der Waals surface area (Å²) in [6.07, 6.45) is 7.82. The molecule has 1 aliphatic rings. The lowest BCUT2D eigenvalue weighted by Crippen LogP contribution is -2.46. The van der Waals surface area contributed by atoms with Crippen LogP contribution in [0.25, 0.3) is 0 Å². The second-order valence-corrected chi connectivity index (χ2v) is 5.89. The summed E-state index contributed by atoms with van der Waals surface area (Å²) in [5.41, 5.74) is 5.87. The van der Waals surface area contributed by atoms with Gasteiger partial charge in [0.25, 0.3) is 0 Å². The minimum absolute atomic E-state index is 0.231. The van der Waals surface area contributed by atoms with Crippen LogP contribution < -0.4 is 5.73 Å². The lowest BCUT2D eigenvalue weighted by molar-refractivity contribution is -0.139. The van der Waals surface area contributed by atoms with Crippen LogP contribution in [0, 0.1) is 11.8 Å². The topological polar surface area (TPSA) is 46.3 Å². The molecular weight excluding hydrogens is 236 g/mol. The molecule has 2 atom stereocenters. The predicted molar refractivity (Wildman–Crippen MR) is 80.9 cm³/mol. The van der Waals surface area contributed by atoms with Gasteiger partial charge in [0.15, 0.2) is 0 Å². The van der Waals surface area contributed by atoms with Gasteiger partial charge in [-0.25, -0.2) is 0 Å². The van der Waals surface area contributed by atoms with E-state index in [1.165, 1.54) is 12.8 Å². The third-order valence-electron chi connectivity index (χ3n) is 4.57. The molecule has 0 spiro atoms. The van der Waals surface area contributed by atoms with Crippen LogP contribution in [0.4, 0.5) is 0 Å². The van der Waals surface area contributed by atoms with Gasteiger partial charge in [0, 0.05) is 18.5 Å². The Balaban J connectivity index is 2.73. The first-order chi connectivity index (χ1) is 9.19. The molecule has 0 aliphatic heterocycles. The Hall–Kier alpha value is -0.570. The molecule has 1 aliphatic carbocycles. The van der Waals surface area contributed by atoms with Gasteiger partial charge in [-0.05, 0) is 45.1 Å². The highest BCUT2D eigenvalue weighted by Gasteiger charge is 2.35. The van der Waals surface area contributed by atoms with Crippen molar-refractivity contribution in [1.82, 2.24) is 4.90 Å². The van der Waals surface area contributed by atoms with Crippen LogP contribution in [0.3, 0.4) is 0 Å². The Morgan fingerprint density at radius 3 is 2.32 bits per heavy atom. The Labute approximate surface area is 118 Å². The van der Waals surface area contributed by atoms with Crippen molar-refractivity contribution >= 4 is 5.91 Å². The Morgan fingerprint density at radius 1 is 1.21 bits per heavy atom. The van der Waals surface area contributed by atoms with E-state index in [1.54, 1.807) is 0 Å². The van der Waals surface area contributed by atoms with E-state index in [0.29, 0.717) is 17.9 Å². The number of nitrogens with zero attached hydrogens (tertiary/aromatic N) is 1. The van der Waals surface area contributed by atoms with Crippen molar-refractivity contribution in [2.75, 3.05) is 13.1 Å². The largest absolute Gasteiger partial charge is 0.339 e. The van der Waals surface area contributed by atoms with Crippen LogP contribution in [-0.2, 0) is 4.79 Å². The first-order valence-corrected chi connectivity index (χ1v) is 8.19. The van der Waals surface area contributed by atoms with Gasteiger partial charge in [-0.1, -0.05) is 33.1 Å². The van der Waals surface area contributed by atoms with Gasteiger partial charge in [-0.15, -0.1) is 0 Å². The summed E-state index contributed by atoms with van der Waals surface area (Å²) in [7, 11) is 0. The van der Waals surface area contributed by atoms with Crippen LogP contribution in [0.15, 0.2) is 0 Å². The second kappa shape index (κ2) is 8.57. The highest BCUT2D eigenvalue weighted by atomic mass is 16.2. The molecule has 3 nitrogen and oxygen atoms in total. The Morgan fingerprint density at radius 2 is 1.84 bits per heavy atom. The highest BCUT2D eigenvalue weighted by Crippen LogP contribution is 2.31. The van der Waals surface area contributed by atoms with Gasteiger partial charge in [0.2, 0.25) is 5.91 Å². The third kappa shape index (κ3) is 4.20. The van der Waals surface area contributed by atoms with E-state index >= 15 is 0 Å². The van der Waals surface area contributed by atoms with Crippen molar-refractivity contribution in [1.29, 1.82) is 0 Å². The first-order valence-electron chi connectivity index (χ1n) is 8.19. The van der Waals surface area contributed by atoms with Crippen molar-refractivity contribution in [2.45, 2.75) is 71.8 Å². The molecule has 2 unspecified atom stereocenters. The number of carbonyl (C=O) groups is 1. The molecular formula is C16H32N2O. The molecule has 0 aromatic heterocycles. The van der Waals surface area contributed by atoms with E-state index in [0.717, 1.165) is 45.2 Å². The minimum Gasteiger partial charge on any atom is -0.339 e. The standard InChI is InChI=1S/C16H32N2O/c1-4-8-13(9-5-2)16(19)18(6-3)15-11-7-10-14(15)12-17/h13-15H,4-12,17H2,1-3H3. The van der Waals surface area contributed by atoms with Gasteiger partial charge in [0.1, 0.15) is 0 Å². The number of hydrogen-bond donors (Lipinski definition) is 1. The number of amides is 1. The van der Waals surface area contributed by atoms with E-state index in [2.05, 4.69) is 25.7 Å². The molecule has 3 heteroatoms. The summed E-state index contributed by atoms with van der Waals surface area (Å²) in [6, 6.07) is 0.402. The number of carbonyl (C=O) groups excluding carboxylic acids is 1. The van der Waals surface area contributed by atoms with Crippen molar-refractivity contribution in [2.24, 2.45) is 17.6 Å². The van der Waals surface area contributed by atoms with E-state index in [4.69, 9.17) is 5.73 Å². The quantitative estimate of drug-likeness (QED) is 0.735. The lowest BCUT2D eigenvalue weighted by atomic mass is 9.94. The van der Waals surface area contributed by atoms with Crippen molar-refractivity contribution in [3.63, 3.8) is 0 Å². The van der Waals surface area contributed by atoms with Gasteiger partial charge in [-0.2, -0.15) is 0 Å². The maximum Gasteiger partial charge on any atom is 0.225 e. The average Bonchev–Trinajstić information content (AvgIpc) is 2.87. The third-order valence-corrected chi connectivity index (χ3v) is 4.57. The lowest BCUT2D eigenvalue weighted by Gasteiger charge is -2.34. The summed E-state index contributed by atoms with van der Waals surface area (Å²) in [5, 5.41) is 0. The molecule has 0 saturated heterocycles. The summed E-state index contributed by atoms with van der Waals surface area (Å²) < 4.78 is 0. The summed E-state index contributed by atoms with van der Waals surface area (Å²) in [4.78, 5) is 14.9. The van der Waals surface area contributed by atoms with Crippen LogP contribution in [0.5, 0.6) is 0 Å². The van der Waals surface area contributed by atoms with Crippen molar-refractivity contribution in [3.8, 4) is 0 Å². The maximum atomic E-state index is 12.8. The van der Waals surface area contributed by atoms with Gasteiger partial charge in [-0.3, -0.25) is 4.79 Å². The summed E-state index contributed by atoms with van der Waals surface area (Å²) in [6.45, 7) is 8.01. The Bertz CT molecular complexity index is 261. The monoisotopic (exact) mass is 268 g/mol. The molecule has 1 rings (SSSR count). The SMILES string of the molecule is CCCC(CCC)C(=O)N(CC)C1CCCC1CN. The zero-order valence-electron chi connectivity index (χ0n) is 13.0. The summed E-state index contributed by atoms with van der Waals surface area (Å²) >= 11 is 0. The van der Waals surface area contributed by atoms with Crippen LogP contribution in [0.1, 0.15) is 65.7 Å². The second-order valence-electron chi connectivity index (χ2n) is 5.89. The van der Waals surface area contributed by atoms with E-state index < -0.39 is 0 Å². The van der Waals surface area contributed by atoms with Crippen LogP contribution >= 0.6 is 0 Å². The molecule has 1 saturated carbocycles. The molecule has 112 valence electrons. The summed E-state index contributed by atoms with van der Waals surface area (Å²) in [5.74, 6) is 1.14. The normalized spacial score (nSPS) is 23.0. The number of rotatable bonds is 8. The fraction of sp³-hybridized carbons (Fsp3) is 0.938. The molecule has 2 N–H and O–H groups in total. The predicted octanol–water partition coefficient (Wildman–Crippen LogP) is 3.18. The molecule has 19 heavy (non-hydrogen) atoms. The van der Waals surface area contributed by atoms with Crippen molar-refractivity contribution in [3.05, 3.63) is 0 Å². The molecule has 0 radical (unpaired) electrons. The van der Waals surface area contributed by atoms with Gasteiger partial charge >= 0.3 is 0 Å². The first kappa shape index (κ1) is 16.5. The fourth-order valence-corrected chi connectivity index (χ4v) is 3.58. The Kier molecular flexibility index (Phi) is 7.44. The average molecular weight is 268 g/mol. The molecule has 1 fully saturated rings. The molecule has 0 heterocycles. The molecule has 0 aromatic rings.